The monoisotopic (exact) mass is 304 g/mol. The molecule has 0 unspecified atom stereocenters. The average Bonchev–Trinajstić information content (AvgIpc) is 2.60. The standard InChI is InChI=1S/C12H20N2O3S2/c1-12(2,3)5-10(15)13-11-14(4)8-6-19(16,17)7-9(8)18-11/h8-9H,5-7H2,1-4H3/t8-,9+/m0/s1. The van der Waals surface area contributed by atoms with Crippen molar-refractivity contribution in [2.75, 3.05) is 18.6 Å². The third-order valence-corrected chi connectivity index (χ3v) is 6.53. The third-order valence-electron chi connectivity index (χ3n) is 3.23. The van der Waals surface area contributed by atoms with Crippen molar-refractivity contribution in [1.29, 1.82) is 0 Å². The number of amidine groups is 1. The van der Waals surface area contributed by atoms with Crippen LogP contribution in [0.1, 0.15) is 27.2 Å². The van der Waals surface area contributed by atoms with E-state index >= 15 is 0 Å². The minimum Gasteiger partial charge on any atom is -0.349 e. The van der Waals surface area contributed by atoms with Gasteiger partial charge in [0.05, 0.1) is 17.5 Å². The van der Waals surface area contributed by atoms with Crippen LogP contribution >= 0.6 is 11.8 Å². The highest BCUT2D eigenvalue weighted by molar-refractivity contribution is 8.15. The number of aliphatic imine (C=N–C) groups is 1. The summed E-state index contributed by atoms with van der Waals surface area (Å²) in [6, 6.07) is -0.0313. The first-order valence-corrected chi connectivity index (χ1v) is 8.99. The van der Waals surface area contributed by atoms with E-state index in [9.17, 15) is 13.2 Å². The molecule has 19 heavy (non-hydrogen) atoms. The highest BCUT2D eigenvalue weighted by Crippen LogP contribution is 2.37. The molecule has 2 aliphatic rings. The van der Waals surface area contributed by atoms with Gasteiger partial charge in [0.2, 0.25) is 5.91 Å². The summed E-state index contributed by atoms with van der Waals surface area (Å²) in [5.41, 5.74) is -0.0812. The van der Waals surface area contributed by atoms with E-state index in [4.69, 9.17) is 0 Å². The van der Waals surface area contributed by atoms with Gasteiger partial charge in [0.25, 0.3) is 0 Å². The van der Waals surface area contributed by atoms with Gasteiger partial charge in [-0.1, -0.05) is 32.5 Å². The Balaban J connectivity index is 2.08. The normalized spacial score (nSPS) is 31.8. The van der Waals surface area contributed by atoms with Crippen molar-refractivity contribution in [3.05, 3.63) is 0 Å². The van der Waals surface area contributed by atoms with Crippen LogP contribution in [-0.4, -0.2) is 54.2 Å². The fraction of sp³-hybridized carbons (Fsp3) is 0.833. The Hall–Kier alpha value is -0.560. The number of thioether (sulfide) groups is 1. The van der Waals surface area contributed by atoms with Crippen LogP contribution in [0, 0.1) is 5.41 Å². The first kappa shape index (κ1) is 14.8. The quantitative estimate of drug-likeness (QED) is 0.727. The molecule has 2 rings (SSSR count). The molecule has 1 amide bonds. The predicted molar refractivity (Wildman–Crippen MR) is 78.1 cm³/mol. The smallest absolute Gasteiger partial charge is 0.248 e. The Bertz CT molecular complexity index is 520. The molecule has 0 saturated carbocycles. The molecule has 7 heteroatoms. The largest absolute Gasteiger partial charge is 0.349 e. The summed E-state index contributed by atoms with van der Waals surface area (Å²) in [5.74, 6) is 0.233. The number of carbonyl (C=O) groups is 1. The lowest BCUT2D eigenvalue weighted by molar-refractivity contribution is -0.119. The van der Waals surface area contributed by atoms with Crippen molar-refractivity contribution < 1.29 is 13.2 Å². The van der Waals surface area contributed by atoms with E-state index in [0.717, 1.165) is 0 Å². The molecule has 108 valence electrons. The molecule has 2 fully saturated rings. The van der Waals surface area contributed by atoms with Crippen molar-refractivity contribution in [2.24, 2.45) is 10.4 Å². The van der Waals surface area contributed by atoms with E-state index in [1.165, 1.54) is 11.8 Å². The van der Waals surface area contributed by atoms with Gasteiger partial charge in [-0.05, 0) is 5.41 Å². The Morgan fingerprint density at radius 1 is 1.42 bits per heavy atom. The number of amides is 1. The number of sulfone groups is 1. The van der Waals surface area contributed by atoms with Crippen molar-refractivity contribution in [1.82, 2.24) is 4.90 Å². The van der Waals surface area contributed by atoms with Crippen LogP contribution in [0.5, 0.6) is 0 Å². The molecule has 2 aliphatic heterocycles. The maximum absolute atomic E-state index is 11.9. The fourth-order valence-electron chi connectivity index (χ4n) is 2.34. The molecule has 5 nitrogen and oxygen atoms in total. The Labute approximate surface area is 118 Å². The Morgan fingerprint density at radius 2 is 2.05 bits per heavy atom. The second-order valence-corrected chi connectivity index (χ2v) is 9.80. The highest BCUT2D eigenvalue weighted by Gasteiger charge is 2.47. The van der Waals surface area contributed by atoms with Gasteiger partial charge in [-0.25, -0.2) is 8.42 Å². The summed E-state index contributed by atoms with van der Waals surface area (Å²) in [5, 5.41) is 0.690. The molecule has 0 aromatic carbocycles. The highest BCUT2D eigenvalue weighted by atomic mass is 32.2. The summed E-state index contributed by atoms with van der Waals surface area (Å²) in [4.78, 5) is 17.9. The van der Waals surface area contributed by atoms with Crippen LogP contribution in [0.4, 0.5) is 0 Å². The molecule has 0 spiro atoms. The maximum atomic E-state index is 11.9. The van der Waals surface area contributed by atoms with Gasteiger partial charge in [0.1, 0.15) is 0 Å². The lowest BCUT2D eigenvalue weighted by Crippen LogP contribution is -2.34. The van der Waals surface area contributed by atoms with E-state index in [-0.39, 0.29) is 34.1 Å². The molecular weight excluding hydrogens is 284 g/mol. The second-order valence-electron chi connectivity index (χ2n) is 6.44. The number of rotatable bonds is 1. The maximum Gasteiger partial charge on any atom is 0.248 e. The molecule has 0 aromatic rings. The fourth-order valence-corrected chi connectivity index (χ4v) is 6.35. The number of hydrogen-bond donors (Lipinski definition) is 0. The first-order valence-electron chi connectivity index (χ1n) is 6.29. The topological polar surface area (TPSA) is 66.8 Å². The van der Waals surface area contributed by atoms with Gasteiger partial charge in [0.15, 0.2) is 15.0 Å². The van der Waals surface area contributed by atoms with E-state index < -0.39 is 9.84 Å². The Kier molecular flexibility index (Phi) is 3.72. The minimum atomic E-state index is -2.92. The minimum absolute atomic E-state index is 0.0242. The van der Waals surface area contributed by atoms with Crippen molar-refractivity contribution >= 4 is 32.7 Å². The molecule has 0 radical (unpaired) electrons. The lowest BCUT2D eigenvalue weighted by Gasteiger charge is -2.19. The summed E-state index contributed by atoms with van der Waals surface area (Å²) < 4.78 is 23.1. The molecule has 0 aliphatic carbocycles. The van der Waals surface area contributed by atoms with Crippen LogP contribution in [-0.2, 0) is 14.6 Å². The van der Waals surface area contributed by atoms with Crippen LogP contribution in [0.2, 0.25) is 0 Å². The van der Waals surface area contributed by atoms with Crippen molar-refractivity contribution in [3.63, 3.8) is 0 Å². The van der Waals surface area contributed by atoms with E-state index in [2.05, 4.69) is 4.99 Å². The number of nitrogens with zero attached hydrogens (tertiary/aromatic N) is 2. The SMILES string of the molecule is CN1C(=NC(=O)CC(C)(C)C)S[C@@H]2CS(=O)(=O)C[C@@H]21. The zero-order valence-electron chi connectivity index (χ0n) is 11.7. The molecule has 0 bridgehead atoms. The molecule has 2 heterocycles. The van der Waals surface area contributed by atoms with Gasteiger partial charge in [-0.15, -0.1) is 0 Å². The van der Waals surface area contributed by atoms with Crippen LogP contribution < -0.4 is 0 Å². The van der Waals surface area contributed by atoms with Gasteiger partial charge < -0.3 is 4.90 Å². The van der Waals surface area contributed by atoms with Gasteiger partial charge in [0, 0.05) is 18.7 Å². The molecular formula is C12H20N2O3S2. The lowest BCUT2D eigenvalue weighted by atomic mass is 9.92. The second kappa shape index (κ2) is 4.77. The van der Waals surface area contributed by atoms with Crippen molar-refractivity contribution in [3.8, 4) is 0 Å². The zero-order chi connectivity index (χ0) is 14.4. The summed E-state index contributed by atoms with van der Waals surface area (Å²) in [6.07, 6.45) is 0.401. The van der Waals surface area contributed by atoms with Crippen LogP contribution in [0.25, 0.3) is 0 Å². The summed E-state index contributed by atoms with van der Waals surface area (Å²) in [7, 11) is -1.10. The molecule has 0 aromatic heterocycles. The summed E-state index contributed by atoms with van der Waals surface area (Å²) >= 11 is 1.42. The Morgan fingerprint density at radius 3 is 2.58 bits per heavy atom. The van der Waals surface area contributed by atoms with Gasteiger partial charge >= 0.3 is 0 Å². The van der Waals surface area contributed by atoms with E-state index in [1.54, 1.807) is 0 Å². The number of carbonyl (C=O) groups excluding carboxylic acids is 1. The molecule has 2 saturated heterocycles. The summed E-state index contributed by atoms with van der Waals surface area (Å²) in [6.45, 7) is 5.99. The van der Waals surface area contributed by atoms with Crippen molar-refractivity contribution in [2.45, 2.75) is 38.5 Å². The van der Waals surface area contributed by atoms with Gasteiger partial charge in [-0.3, -0.25) is 4.79 Å². The first-order chi connectivity index (χ1) is 8.57. The number of fused-ring (bicyclic) bond motifs is 1. The van der Waals surface area contributed by atoms with Crippen LogP contribution in [0.15, 0.2) is 4.99 Å². The average molecular weight is 304 g/mol. The molecule has 2 atom stereocenters. The zero-order valence-corrected chi connectivity index (χ0v) is 13.3. The van der Waals surface area contributed by atoms with E-state index in [1.807, 2.05) is 32.7 Å². The predicted octanol–water partition coefficient (Wildman–Crippen LogP) is 1.15. The van der Waals surface area contributed by atoms with Crippen LogP contribution in [0.3, 0.4) is 0 Å². The van der Waals surface area contributed by atoms with E-state index in [0.29, 0.717) is 11.6 Å². The molecule has 0 N–H and O–H groups in total. The number of hydrogen-bond acceptors (Lipinski definition) is 4. The third kappa shape index (κ3) is 3.51. The van der Waals surface area contributed by atoms with Gasteiger partial charge in [-0.2, -0.15) is 4.99 Å².